The quantitative estimate of drug-likeness (QED) is 0.427. The summed E-state index contributed by atoms with van der Waals surface area (Å²) in [6.45, 7) is 6.50. The van der Waals surface area contributed by atoms with Crippen LogP contribution in [0.1, 0.15) is 59.8 Å². The summed E-state index contributed by atoms with van der Waals surface area (Å²) in [5, 5.41) is 17.2. The fraction of sp³-hybridized carbons (Fsp3) is 0.778. The fourth-order valence-electron chi connectivity index (χ4n) is 5.94. The number of nitriles is 1. The summed E-state index contributed by atoms with van der Waals surface area (Å²) in [6, 6.07) is -2.68. The number of nitrogens with one attached hydrogen (secondary N) is 3. The Morgan fingerprint density at radius 1 is 1.12 bits per heavy atom. The van der Waals surface area contributed by atoms with E-state index in [1.807, 2.05) is 19.9 Å². The standard InChI is InChI=1S/C27H37F2N5O6/c1-13(2)17-7-8-34-19(17)22(36)31-16(11-30)9-14-10-18(32-21(14)35)24(38)40-12-26(3,4)20(23(34)37)33-25(39)27(28,29)15-5-6-15/h13-20H,5-10,12H2,1-4H3,(H,31,36)(H,32,35)(H,33,39)/t14-,16+,17-,18+,19+,20-/m1/s1. The van der Waals surface area contributed by atoms with Gasteiger partial charge in [-0.1, -0.05) is 27.7 Å². The molecule has 0 unspecified atom stereocenters. The highest BCUT2D eigenvalue weighted by atomic mass is 19.3. The summed E-state index contributed by atoms with van der Waals surface area (Å²) in [7, 11) is 0. The molecule has 0 aromatic heterocycles. The molecule has 1 aliphatic carbocycles. The molecule has 4 aliphatic rings. The van der Waals surface area contributed by atoms with E-state index in [0.29, 0.717) is 6.42 Å². The Hall–Kier alpha value is -3.30. The minimum Gasteiger partial charge on any atom is -0.463 e. The Morgan fingerprint density at radius 3 is 2.40 bits per heavy atom. The molecule has 220 valence electrons. The first-order valence-electron chi connectivity index (χ1n) is 13.8. The van der Waals surface area contributed by atoms with Gasteiger partial charge in [0.25, 0.3) is 5.91 Å². The first-order valence-corrected chi connectivity index (χ1v) is 13.8. The van der Waals surface area contributed by atoms with E-state index in [-0.39, 0.29) is 44.1 Å². The summed E-state index contributed by atoms with van der Waals surface area (Å²) < 4.78 is 35.0. The second-order valence-electron chi connectivity index (χ2n) is 12.5. The molecule has 6 atom stereocenters. The van der Waals surface area contributed by atoms with Crippen molar-refractivity contribution in [1.29, 1.82) is 5.26 Å². The molecule has 4 rings (SSSR count). The van der Waals surface area contributed by atoms with Crippen molar-refractivity contribution in [1.82, 2.24) is 20.9 Å². The fourth-order valence-corrected chi connectivity index (χ4v) is 5.94. The number of ether oxygens (including phenoxy) is 1. The van der Waals surface area contributed by atoms with E-state index in [2.05, 4.69) is 16.0 Å². The lowest BCUT2D eigenvalue weighted by atomic mass is 9.83. The Bertz CT molecular complexity index is 1120. The van der Waals surface area contributed by atoms with Crippen LogP contribution in [0.2, 0.25) is 0 Å². The number of amides is 4. The molecule has 40 heavy (non-hydrogen) atoms. The Morgan fingerprint density at radius 2 is 1.80 bits per heavy atom. The first-order chi connectivity index (χ1) is 18.7. The lowest BCUT2D eigenvalue weighted by Gasteiger charge is -2.38. The topological polar surface area (TPSA) is 158 Å². The minimum absolute atomic E-state index is 0.0364. The molecule has 3 heterocycles. The van der Waals surface area contributed by atoms with E-state index in [0.717, 1.165) is 0 Å². The van der Waals surface area contributed by atoms with E-state index < -0.39 is 83.5 Å². The van der Waals surface area contributed by atoms with E-state index in [1.165, 1.54) is 18.7 Å². The van der Waals surface area contributed by atoms with E-state index in [1.54, 1.807) is 0 Å². The molecule has 3 aliphatic heterocycles. The van der Waals surface area contributed by atoms with Crippen molar-refractivity contribution >= 4 is 29.6 Å². The van der Waals surface area contributed by atoms with Gasteiger partial charge >= 0.3 is 11.9 Å². The van der Waals surface area contributed by atoms with Crippen LogP contribution in [0.5, 0.6) is 0 Å². The first kappa shape index (κ1) is 29.7. The lowest BCUT2D eigenvalue weighted by molar-refractivity contribution is -0.158. The Kier molecular flexibility index (Phi) is 8.11. The van der Waals surface area contributed by atoms with Crippen LogP contribution in [0.15, 0.2) is 0 Å². The number of rotatable bonds is 4. The molecule has 0 spiro atoms. The van der Waals surface area contributed by atoms with Crippen LogP contribution in [-0.4, -0.2) is 77.7 Å². The SMILES string of the molecule is CC(C)[C@H]1CCN2C(=O)[C@@H](NC(=O)C(F)(F)C3CC3)C(C)(C)COC(=O)[C@@H]3C[C@@H](C[C@@H](C#N)NC(=O)[C@H]12)C(=O)N3. The van der Waals surface area contributed by atoms with E-state index >= 15 is 0 Å². The highest BCUT2D eigenvalue weighted by Crippen LogP contribution is 2.44. The molecular weight excluding hydrogens is 528 g/mol. The summed E-state index contributed by atoms with van der Waals surface area (Å²) in [6.07, 6.45) is 0.839. The van der Waals surface area contributed by atoms with Crippen LogP contribution in [0.4, 0.5) is 8.78 Å². The minimum atomic E-state index is -3.69. The average Bonchev–Trinajstić information content (AvgIpc) is 3.56. The molecular formula is C27H37F2N5O6. The van der Waals surface area contributed by atoms with Gasteiger partial charge in [-0.2, -0.15) is 14.0 Å². The van der Waals surface area contributed by atoms with E-state index in [9.17, 15) is 38.0 Å². The average molecular weight is 566 g/mol. The molecule has 0 aromatic carbocycles. The second kappa shape index (κ2) is 10.9. The number of halogens is 2. The molecule has 1 saturated carbocycles. The highest BCUT2D eigenvalue weighted by Gasteiger charge is 2.56. The molecule has 3 N–H and O–H groups in total. The Balaban J connectivity index is 1.72. The highest BCUT2D eigenvalue weighted by molar-refractivity contribution is 5.95. The summed E-state index contributed by atoms with van der Waals surface area (Å²) in [5.41, 5.74) is -1.36. The number of esters is 1. The van der Waals surface area contributed by atoms with Crippen molar-refractivity contribution in [3.05, 3.63) is 0 Å². The van der Waals surface area contributed by atoms with E-state index in [4.69, 9.17) is 4.74 Å². The maximum absolute atomic E-state index is 14.7. The zero-order valence-corrected chi connectivity index (χ0v) is 23.2. The number of hydrogen-bond donors (Lipinski definition) is 3. The summed E-state index contributed by atoms with van der Waals surface area (Å²) in [4.78, 5) is 67.1. The number of hydrogen-bond acceptors (Lipinski definition) is 7. The van der Waals surface area contributed by atoms with Crippen molar-refractivity contribution in [2.45, 2.75) is 89.9 Å². The zero-order valence-electron chi connectivity index (χ0n) is 23.2. The van der Waals surface area contributed by atoms with Gasteiger partial charge in [0.05, 0.1) is 12.7 Å². The molecule has 4 fully saturated rings. The predicted octanol–water partition coefficient (Wildman–Crippen LogP) is 0.876. The van der Waals surface area contributed by atoms with Crippen LogP contribution in [-0.2, 0) is 28.7 Å². The second-order valence-corrected chi connectivity index (χ2v) is 12.5. The van der Waals surface area contributed by atoms with Crippen molar-refractivity contribution < 1.29 is 37.5 Å². The summed E-state index contributed by atoms with van der Waals surface area (Å²) >= 11 is 0. The monoisotopic (exact) mass is 565 g/mol. The van der Waals surface area contributed by atoms with Crippen LogP contribution >= 0.6 is 0 Å². The number of cyclic esters (lactones) is 1. The Labute approximate surface area is 231 Å². The van der Waals surface area contributed by atoms with Crippen LogP contribution in [0.25, 0.3) is 0 Å². The molecule has 13 heteroatoms. The largest absolute Gasteiger partial charge is 0.463 e. The molecule has 4 amide bonds. The normalized spacial score (nSPS) is 33.2. The lowest BCUT2D eigenvalue weighted by Crippen LogP contribution is -2.62. The van der Waals surface area contributed by atoms with Crippen LogP contribution in [0.3, 0.4) is 0 Å². The van der Waals surface area contributed by atoms with Gasteiger partial charge in [0.15, 0.2) is 0 Å². The number of nitrogens with zero attached hydrogens (tertiary/aromatic N) is 2. The molecule has 0 radical (unpaired) electrons. The molecule has 0 aromatic rings. The number of carbonyl (C=O) groups excluding carboxylic acids is 5. The maximum atomic E-state index is 14.7. The third kappa shape index (κ3) is 5.76. The molecule has 2 bridgehead atoms. The van der Waals surface area contributed by atoms with Gasteiger partial charge in [0, 0.05) is 23.8 Å². The van der Waals surface area contributed by atoms with Gasteiger partial charge in [-0.25, -0.2) is 4.79 Å². The zero-order chi connectivity index (χ0) is 29.6. The van der Waals surface area contributed by atoms with Gasteiger partial charge in [-0.15, -0.1) is 0 Å². The van der Waals surface area contributed by atoms with Crippen LogP contribution < -0.4 is 16.0 Å². The maximum Gasteiger partial charge on any atom is 0.328 e. The van der Waals surface area contributed by atoms with Gasteiger partial charge < -0.3 is 25.6 Å². The number of carbonyl (C=O) groups is 5. The molecule has 11 nitrogen and oxygen atoms in total. The van der Waals surface area contributed by atoms with Gasteiger partial charge in [0.2, 0.25) is 17.7 Å². The van der Waals surface area contributed by atoms with Gasteiger partial charge in [-0.05, 0) is 43.9 Å². The number of fused-ring (bicyclic) bond motifs is 3. The number of alkyl halides is 2. The van der Waals surface area contributed by atoms with Crippen LogP contribution in [0, 0.1) is 40.4 Å². The smallest absolute Gasteiger partial charge is 0.328 e. The third-order valence-corrected chi connectivity index (χ3v) is 8.62. The summed E-state index contributed by atoms with van der Waals surface area (Å²) in [5.74, 6) is -10.0. The van der Waals surface area contributed by atoms with Crippen molar-refractivity contribution in [2.24, 2.45) is 29.1 Å². The molecule has 3 saturated heterocycles. The van der Waals surface area contributed by atoms with Crippen molar-refractivity contribution in [3.8, 4) is 6.07 Å². The van der Waals surface area contributed by atoms with Gasteiger partial charge in [-0.3, -0.25) is 19.2 Å². The van der Waals surface area contributed by atoms with Crippen molar-refractivity contribution in [2.75, 3.05) is 13.2 Å². The van der Waals surface area contributed by atoms with Gasteiger partial charge in [0.1, 0.15) is 24.2 Å². The third-order valence-electron chi connectivity index (χ3n) is 8.62. The predicted molar refractivity (Wildman–Crippen MR) is 135 cm³/mol. The van der Waals surface area contributed by atoms with Crippen molar-refractivity contribution in [3.63, 3.8) is 0 Å².